The average Bonchev–Trinajstić information content (AvgIpc) is 0.816. The Bertz CT molecular complexity index is 3850. The molecule has 2 aromatic carbocycles. The summed E-state index contributed by atoms with van der Waals surface area (Å²) in [6, 6.07) is 13.6. The van der Waals surface area contributed by atoms with Gasteiger partial charge in [0.1, 0.15) is 13.2 Å². The van der Waals surface area contributed by atoms with Gasteiger partial charge in [-0.2, -0.15) is 19.9 Å². The summed E-state index contributed by atoms with van der Waals surface area (Å²) in [4.78, 5) is 135. The Hall–Kier alpha value is -9.82. The molecule has 38 heteroatoms. The predicted molar refractivity (Wildman–Crippen MR) is 425 cm³/mol. The van der Waals surface area contributed by atoms with Gasteiger partial charge in [0.25, 0.3) is 0 Å². The van der Waals surface area contributed by atoms with Gasteiger partial charge in [-0.3, -0.25) is 28.8 Å². The molecule has 0 aliphatic rings. The van der Waals surface area contributed by atoms with Crippen LogP contribution in [0.3, 0.4) is 0 Å². The smallest absolute Gasteiger partial charge is 0.407 e. The van der Waals surface area contributed by atoms with E-state index in [9.17, 15) is 48.6 Å². The first-order chi connectivity index (χ1) is 54.6. The van der Waals surface area contributed by atoms with Crippen molar-refractivity contribution >= 4 is 128 Å². The highest BCUT2D eigenvalue weighted by atomic mass is 35.5. The predicted octanol–water partition coefficient (Wildman–Crippen LogP) is 7.10. The van der Waals surface area contributed by atoms with Crippen molar-refractivity contribution in [3.8, 4) is 0 Å². The van der Waals surface area contributed by atoms with E-state index >= 15 is 0 Å². The van der Waals surface area contributed by atoms with Crippen molar-refractivity contribution in [3.63, 3.8) is 0 Å². The van der Waals surface area contributed by atoms with Crippen LogP contribution < -0.4 is 54.0 Å². The molecule has 0 fully saturated rings. The number of unbranched alkanes of at least 4 members (excludes halogenated alkanes) is 8. The summed E-state index contributed by atoms with van der Waals surface area (Å²) in [5.74, 6) is -3.84. The standard InChI is InChI=1S/C44H67ClN10O12.C31H43ClN8O6/c1-55(31-34-30-51-40-38(52-34)39(46)53-42(47)54-40)35-12-9-32(10-13-35)36(56)29-33(41(58)59)11-14-37(57)48-16-6-4-7-17-49-43(60)66-27-25-64-23-24-65-26-28-67-44(61)50-18-20-63-22-21-62-19-8-3-2-5-15-45;1-40(20-23-19-36-29-27(37-23)28(33)38-31(34)39-29)24-9-6-21(7-10-24)25(41)18-22(30(43)44)8-11-26(42)35-13-15-46-17-16-45-14-5-3-2-4-12-32/h9-10,12-13,30,33H,2-8,11,14-29,31H2,1H3,(H,48,57)(H,49,60)(H,50,61)(H,58,59)(H4,46,47,51,53,54);6-7,9-10,19,22H,2-5,8,11-18,20H2,1H3,(H,35,42)(H,43,44)(H4,33,34,36,38,39). The summed E-state index contributed by atoms with van der Waals surface area (Å²) in [5.41, 5.74) is 27.9. The number of benzene rings is 2. The van der Waals surface area contributed by atoms with E-state index in [0.717, 1.165) is 69.2 Å². The van der Waals surface area contributed by atoms with Crippen molar-refractivity contribution in [2.24, 2.45) is 11.8 Å². The van der Waals surface area contributed by atoms with E-state index in [1.54, 1.807) is 60.9 Å². The van der Waals surface area contributed by atoms with Gasteiger partial charge >= 0.3 is 24.1 Å². The maximum Gasteiger partial charge on any atom is 0.407 e. The first-order valence-corrected chi connectivity index (χ1v) is 38.9. The summed E-state index contributed by atoms with van der Waals surface area (Å²) in [6.45, 7) is 7.19. The van der Waals surface area contributed by atoms with Gasteiger partial charge in [0.15, 0.2) is 45.5 Å². The number of hydrogen-bond acceptors (Lipinski definition) is 30. The number of rotatable bonds is 59. The lowest BCUT2D eigenvalue weighted by Crippen LogP contribution is -2.29. The number of anilines is 6. The van der Waals surface area contributed by atoms with Crippen LogP contribution in [-0.2, 0) is 70.2 Å². The second-order valence-electron chi connectivity index (χ2n) is 26.0. The van der Waals surface area contributed by atoms with Gasteiger partial charge in [-0.25, -0.2) is 29.5 Å². The Morgan fingerprint density at radius 2 is 0.761 bits per heavy atom. The molecule has 14 N–H and O–H groups in total. The number of carboxylic acid groups (broad SMARTS) is 2. The van der Waals surface area contributed by atoms with Gasteiger partial charge in [0.2, 0.25) is 23.7 Å². The minimum Gasteiger partial charge on any atom is -0.481 e. The molecule has 0 saturated heterocycles. The lowest BCUT2D eigenvalue weighted by atomic mass is 9.94. The Morgan fingerprint density at radius 3 is 1.17 bits per heavy atom. The minimum absolute atomic E-state index is 0.00862. The van der Waals surface area contributed by atoms with E-state index in [4.69, 9.17) is 84.0 Å². The van der Waals surface area contributed by atoms with Crippen LogP contribution in [0.25, 0.3) is 22.3 Å². The van der Waals surface area contributed by atoms with Crippen molar-refractivity contribution in [2.75, 3.05) is 177 Å². The number of carbonyl (C=O) groups is 8. The van der Waals surface area contributed by atoms with Gasteiger partial charge in [-0.15, -0.1) is 23.2 Å². The van der Waals surface area contributed by atoms with Crippen LogP contribution in [0.2, 0.25) is 0 Å². The normalized spacial score (nSPS) is 11.6. The fraction of sp³-hybridized carbons (Fsp3) is 0.573. The highest BCUT2D eigenvalue weighted by molar-refractivity contribution is 6.18. The Balaban J connectivity index is 0.000000432. The van der Waals surface area contributed by atoms with Crippen LogP contribution in [0.4, 0.5) is 44.5 Å². The number of fused-ring (bicyclic) bond motifs is 2. The molecule has 2 atom stereocenters. The van der Waals surface area contributed by atoms with Crippen LogP contribution in [0.15, 0.2) is 60.9 Å². The topological polar surface area (TPSA) is 513 Å². The zero-order valence-corrected chi connectivity index (χ0v) is 66.0. The van der Waals surface area contributed by atoms with E-state index in [1.807, 2.05) is 23.9 Å². The molecule has 36 nitrogen and oxygen atoms in total. The summed E-state index contributed by atoms with van der Waals surface area (Å²) in [7, 11) is 3.69. The number of carboxylic acids is 2. The maximum absolute atomic E-state index is 13.0. The van der Waals surface area contributed by atoms with Gasteiger partial charge in [0, 0.05) is 113 Å². The highest BCUT2D eigenvalue weighted by Gasteiger charge is 2.25. The number of aromatic nitrogens is 8. The number of nitrogen functional groups attached to an aromatic ring is 4. The number of Topliss-reactive ketones (excluding diaryl/α,β-unsaturated/α-hetero) is 2. The summed E-state index contributed by atoms with van der Waals surface area (Å²) < 4.78 is 42.7. The number of alkyl halides is 2. The lowest BCUT2D eigenvalue weighted by Gasteiger charge is -2.19. The number of halogens is 2. The number of alkyl carbamates (subject to hydrolysis) is 2. The summed E-state index contributed by atoms with van der Waals surface area (Å²) in [6.07, 6.45) is 12.1. The van der Waals surface area contributed by atoms with Gasteiger partial charge in [-0.1, -0.05) is 25.7 Å². The summed E-state index contributed by atoms with van der Waals surface area (Å²) in [5, 5.41) is 30.2. The third kappa shape index (κ3) is 39.5. The fourth-order valence-corrected chi connectivity index (χ4v) is 11.2. The van der Waals surface area contributed by atoms with Crippen molar-refractivity contribution in [3.05, 3.63) is 83.4 Å². The second-order valence-corrected chi connectivity index (χ2v) is 26.7. The SMILES string of the molecule is CN(Cc1cnc2nc(N)nc(N)c2n1)c1ccc(C(=O)CC(CCC(=O)NCCCCCNC(=O)OCCOCCOCCOC(=O)NCCOCCOCCCCCCCl)C(=O)O)cc1.CN(Cc1cnc2nc(N)nc(N)c2n1)c1ccc(C(=O)CC(CCC(=O)NCCOCCOCCCCCCCl)C(=O)O)cc1. The third-order valence-electron chi connectivity index (χ3n) is 17.0. The van der Waals surface area contributed by atoms with Gasteiger partial charge < -0.3 is 102 Å². The number of nitrogens with two attached hydrogens (primary N) is 4. The minimum atomic E-state index is -1.15. The lowest BCUT2D eigenvalue weighted by molar-refractivity contribution is -0.143. The molecule has 0 radical (unpaired) electrons. The molecule has 0 aliphatic heterocycles. The second kappa shape index (κ2) is 55.6. The van der Waals surface area contributed by atoms with E-state index in [-0.39, 0.29) is 125 Å². The van der Waals surface area contributed by atoms with Gasteiger partial charge in [0.05, 0.1) is 115 Å². The molecule has 622 valence electrons. The monoisotopic (exact) mass is 1620 g/mol. The maximum atomic E-state index is 13.0. The fourth-order valence-electron chi connectivity index (χ4n) is 10.8. The van der Waals surface area contributed by atoms with E-state index in [1.165, 1.54) is 0 Å². The average molecular weight is 1620 g/mol. The Kier molecular flexibility index (Phi) is 46.1. The van der Waals surface area contributed by atoms with Crippen molar-refractivity contribution < 1.29 is 86.5 Å². The number of carbonyl (C=O) groups excluding carboxylic acids is 6. The van der Waals surface area contributed by atoms with Crippen LogP contribution in [0, 0.1) is 11.8 Å². The molecule has 113 heavy (non-hydrogen) atoms. The Labute approximate surface area is 667 Å². The van der Waals surface area contributed by atoms with Crippen molar-refractivity contribution in [1.82, 2.24) is 61.1 Å². The van der Waals surface area contributed by atoms with Crippen LogP contribution >= 0.6 is 23.2 Å². The van der Waals surface area contributed by atoms with Crippen LogP contribution in [0.5, 0.6) is 0 Å². The zero-order chi connectivity index (χ0) is 81.8. The number of nitrogens with one attached hydrogen (secondary N) is 4. The van der Waals surface area contributed by atoms with Crippen LogP contribution in [-0.4, -0.2) is 242 Å². The van der Waals surface area contributed by atoms with E-state index in [2.05, 4.69) is 61.1 Å². The van der Waals surface area contributed by atoms with Crippen molar-refractivity contribution in [1.29, 1.82) is 0 Å². The molecule has 0 saturated carbocycles. The molecular weight excluding hydrogens is 1510 g/mol. The molecule has 4 amide bonds. The largest absolute Gasteiger partial charge is 0.481 e. The number of nitrogens with zero attached hydrogens (tertiary/aromatic N) is 10. The number of amides is 4. The highest BCUT2D eigenvalue weighted by Crippen LogP contribution is 2.24. The first kappa shape index (κ1) is 93.8. The Morgan fingerprint density at radius 1 is 0.416 bits per heavy atom. The summed E-state index contributed by atoms with van der Waals surface area (Å²) >= 11 is 11.3. The number of ether oxygens (including phenoxy) is 8. The van der Waals surface area contributed by atoms with Gasteiger partial charge in [-0.05, 0) is 106 Å². The molecular formula is C75H110Cl2N18O18. The molecule has 4 heterocycles. The molecule has 2 unspecified atom stereocenters. The van der Waals surface area contributed by atoms with E-state index in [0.29, 0.717) is 162 Å². The van der Waals surface area contributed by atoms with E-state index < -0.39 is 36.0 Å². The zero-order valence-electron chi connectivity index (χ0n) is 64.5. The van der Waals surface area contributed by atoms with Crippen LogP contribution in [0.1, 0.15) is 141 Å². The first-order valence-electron chi connectivity index (χ1n) is 37.8. The number of ketones is 2. The molecule has 0 spiro atoms. The molecule has 0 aliphatic carbocycles. The number of hydrogen-bond donors (Lipinski definition) is 10. The van der Waals surface area contributed by atoms with Crippen molar-refractivity contribution in [2.45, 2.75) is 122 Å². The number of aliphatic carboxylic acids is 2. The molecule has 6 rings (SSSR count). The third-order valence-corrected chi connectivity index (χ3v) is 17.5. The quantitative estimate of drug-likeness (QED) is 0.0103. The molecule has 4 aromatic heterocycles. The molecule has 0 bridgehead atoms. The molecule has 6 aromatic rings.